The van der Waals surface area contributed by atoms with Crippen molar-refractivity contribution in [1.82, 2.24) is 15.4 Å². The number of hydrogen-bond acceptors (Lipinski definition) is 5. The fraction of sp³-hybridized carbons (Fsp3) is 0.714. The van der Waals surface area contributed by atoms with Crippen LogP contribution in [0.2, 0.25) is 0 Å². The lowest BCUT2D eigenvalue weighted by molar-refractivity contribution is 0.0876. The van der Waals surface area contributed by atoms with Gasteiger partial charge in [-0.3, -0.25) is 9.69 Å². The van der Waals surface area contributed by atoms with Gasteiger partial charge in [-0.15, -0.1) is 0 Å². The van der Waals surface area contributed by atoms with Crippen LogP contribution < -0.4 is 5.32 Å². The first-order valence-electron chi connectivity index (χ1n) is 6.96. The largest absolute Gasteiger partial charge is 0.388 e. The smallest absolute Gasteiger partial charge is 0.273 e. The number of hydrogen-bond donors (Lipinski definition) is 2. The van der Waals surface area contributed by atoms with E-state index in [2.05, 4.69) is 43.1 Å². The van der Waals surface area contributed by atoms with E-state index >= 15 is 0 Å². The lowest BCUT2D eigenvalue weighted by atomic mass is 10.0. The Hall–Kier alpha value is -1.40. The van der Waals surface area contributed by atoms with Gasteiger partial charge in [0.15, 0.2) is 11.5 Å². The molecular formula is C14H25N3O3. The number of amides is 1. The molecule has 1 heterocycles. The molecule has 0 spiro atoms. The predicted octanol–water partition coefficient (Wildman–Crippen LogP) is 1.33. The van der Waals surface area contributed by atoms with Crippen LogP contribution in [0, 0.1) is 6.92 Å². The number of aliphatic hydroxyl groups excluding tert-OH is 1. The zero-order valence-corrected chi connectivity index (χ0v) is 13.0. The molecule has 0 aliphatic heterocycles. The van der Waals surface area contributed by atoms with Gasteiger partial charge in [-0.25, -0.2) is 0 Å². The van der Waals surface area contributed by atoms with Gasteiger partial charge < -0.3 is 14.9 Å². The molecule has 0 aliphatic carbocycles. The van der Waals surface area contributed by atoms with Gasteiger partial charge in [0.25, 0.3) is 5.91 Å². The number of aliphatic hydroxyl groups is 1. The third-order valence-corrected chi connectivity index (χ3v) is 3.68. The minimum atomic E-state index is -0.272. The molecule has 0 aliphatic rings. The fourth-order valence-corrected chi connectivity index (χ4v) is 2.30. The van der Waals surface area contributed by atoms with E-state index in [1.54, 1.807) is 6.92 Å². The molecule has 20 heavy (non-hydrogen) atoms. The average molecular weight is 283 g/mol. The normalized spacial score (nSPS) is 11.9. The summed E-state index contributed by atoms with van der Waals surface area (Å²) in [4.78, 5) is 14.4. The highest BCUT2D eigenvalue weighted by Crippen LogP contribution is 2.15. The summed E-state index contributed by atoms with van der Waals surface area (Å²) in [6.45, 7) is 12.2. The molecule has 0 atom stereocenters. The first-order valence-corrected chi connectivity index (χ1v) is 6.96. The number of carbonyl (C=O) groups excluding carboxylic acids is 1. The van der Waals surface area contributed by atoms with E-state index in [-0.39, 0.29) is 23.7 Å². The lowest BCUT2D eigenvalue weighted by Gasteiger charge is -2.37. The predicted molar refractivity (Wildman–Crippen MR) is 76.5 cm³/mol. The molecule has 0 bridgehead atoms. The quantitative estimate of drug-likeness (QED) is 0.789. The summed E-state index contributed by atoms with van der Waals surface area (Å²) in [7, 11) is 0. The summed E-state index contributed by atoms with van der Waals surface area (Å²) in [5, 5.41) is 15.6. The van der Waals surface area contributed by atoms with Crippen LogP contribution in [0.15, 0.2) is 4.52 Å². The topological polar surface area (TPSA) is 78.6 Å². The second kappa shape index (κ2) is 6.85. The van der Waals surface area contributed by atoms with Crippen molar-refractivity contribution < 1.29 is 14.4 Å². The molecule has 0 saturated heterocycles. The maximum atomic E-state index is 12.1. The number of nitrogens with zero attached hydrogens (tertiary/aromatic N) is 2. The van der Waals surface area contributed by atoms with E-state index in [1.165, 1.54) is 0 Å². The van der Waals surface area contributed by atoms with Gasteiger partial charge in [0.05, 0.1) is 0 Å². The fourth-order valence-electron chi connectivity index (χ4n) is 2.30. The van der Waals surface area contributed by atoms with E-state index < -0.39 is 0 Å². The molecule has 1 rings (SSSR count). The molecule has 1 aromatic heterocycles. The van der Waals surface area contributed by atoms with Gasteiger partial charge in [-0.05, 0) is 33.9 Å². The van der Waals surface area contributed by atoms with Crippen molar-refractivity contribution in [2.24, 2.45) is 0 Å². The summed E-state index contributed by atoms with van der Waals surface area (Å²) in [6, 6.07) is 0. The van der Waals surface area contributed by atoms with E-state index in [1.807, 2.05) is 0 Å². The van der Waals surface area contributed by atoms with Gasteiger partial charge in [0.2, 0.25) is 0 Å². The molecule has 1 aromatic rings. The van der Waals surface area contributed by atoms with Crippen LogP contribution in [-0.4, -0.2) is 46.2 Å². The molecule has 2 N–H and O–H groups in total. The molecule has 0 aromatic carbocycles. The van der Waals surface area contributed by atoms with Crippen molar-refractivity contribution in [2.45, 2.75) is 46.8 Å². The monoisotopic (exact) mass is 283 g/mol. The summed E-state index contributed by atoms with van der Waals surface area (Å²) in [5.41, 5.74) is 0.700. The summed E-state index contributed by atoms with van der Waals surface area (Å²) in [6.07, 6.45) is 0. The minimum absolute atomic E-state index is 0.128. The number of nitrogens with one attached hydrogen (secondary N) is 1. The Morgan fingerprint density at radius 1 is 1.40 bits per heavy atom. The standard InChI is InChI=1S/C14H25N3O3/c1-6-17(7-2)14(4,5)9-15-13(19)12-10(3)11(8-18)20-16-12/h18H,6-9H2,1-5H3,(H,15,19). The van der Waals surface area contributed by atoms with Crippen LogP contribution in [0.3, 0.4) is 0 Å². The second-order valence-electron chi connectivity index (χ2n) is 5.40. The van der Waals surface area contributed by atoms with E-state index in [4.69, 9.17) is 9.63 Å². The molecule has 0 radical (unpaired) electrons. The summed E-state index contributed by atoms with van der Waals surface area (Å²) in [5.74, 6) is 0.0596. The first kappa shape index (κ1) is 16.7. The third kappa shape index (κ3) is 3.58. The molecule has 0 fully saturated rings. The van der Waals surface area contributed by atoms with Crippen LogP contribution >= 0.6 is 0 Å². The second-order valence-corrected chi connectivity index (χ2v) is 5.40. The molecule has 0 unspecified atom stereocenters. The zero-order chi connectivity index (χ0) is 15.3. The van der Waals surface area contributed by atoms with Crippen molar-refractivity contribution in [3.8, 4) is 0 Å². The van der Waals surface area contributed by atoms with Crippen molar-refractivity contribution >= 4 is 5.91 Å². The average Bonchev–Trinajstić information content (AvgIpc) is 2.78. The highest BCUT2D eigenvalue weighted by molar-refractivity contribution is 5.93. The highest BCUT2D eigenvalue weighted by Gasteiger charge is 2.26. The highest BCUT2D eigenvalue weighted by atomic mass is 16.5. The van der Waals surface area contributed by atoms with Crippen LogP contribution in [-0.2, 0) is 6.61 Å². The maximum absolute atomic E-state index is 12.1. The third-order valence-electron chi connectivity index (χ3n) is 3.68. The Morgan fingerprint density at radius 3 is 2.45 bits per heavy atom. The van der Waals surface area contributed by atoms with Crippen molar-refractivity contribution in [2.75, 3.05) is 19.6 Å². The zero-order valence-electron chi connectivity index (χ0n) is 13.0. The summed E-state index contributed by atoms with van der Waals surface area (Å²) < 4.78 is 4.92. The van der Waals surface area contributed by atoms with Crippen molar-refractivity contribution in [3.63, 3.8) is 0 Å². The molecule has 6 nitrogen and oxygen atoms in total. The molecular weight excluding hydrogens is 258 g/mol. The van der Waals surface area contributed by atoms with Gasteiger partial charge in [-0.1, -0.05) is 19.0 Å². The Labute approximate surface area is 120 Å². The van der Waals surface area contributed by atoms with Gasteiger partial charge in [0, 0.05) is 17.6 Å². The molecule has 6 heteroatoms. The van der Waals surface area contributed by atoms with Crippen LogP contribution in [0.4, 0.5) is 0 Å². The van der Waals surface area contributed by atoms with E-state index in [0.717, 1.165) is 13.1 Å². The first-order chi connectivity index (χ1) is 9.37. The molecule has 0 saturated carbocycles. The van der Waals surface area contributed by atoms with Crippen LogP contribution in [0.1, 0.15) is 49.5 Å². The molecule has 114 valence electrons. The Bertz CT molecular complexity index is 451. The minimum Gasteiger partial charge on any atom is -0.388 e. The van der Waals surface area contributed by atoms with E-state index in [0.29, 0.717) is 17.9 Å². The Morgan fingerprint density at radius 2 is 2.00 bits per heavy atom. The van der Waals surface area contributed by atoms with Gasteiger partial charge in [0.1, 0.15) is 6.61 Å². The number of rotatable bonds is 7. The van der Waals surface area contributed by atoms with Crippen LogP contribution in [0.5, 0.6) is 0 Å². The van der Waals surface area contributed by atoms with Crippen LogP contribution in [0.25, 0.3) is 0 Å². The number of carbonyl (C=O) groups is 1. The molecule has 1 amide bonds. The van der Waals surface area contributed by atoms with Gasteiger partial charge >= 0.3 is 0 Å². The van der Waals surface area contributed by atoms with Crippen molar-refractivity contribution in [1.29, 1.82) is 0 Å². The van der Waals surface area contributed by atoms with Gasteiger partial charge in [-0.2, -0.15) is 0 Å². The van der Waals surface area contributed by atoms with E-state index in [9.17, 15) is 4.79 Å². The Balaban J connectivity index is 2.69. The number of likely N-dealkylation sites (N-methyl/N-ethyl adjacent to an activating group) is 1. The Kier molecular flexibility index (Phi) is 5.71. The summed E-state index contributed by atoms with van der Waals surface area (Å²) >= 11 is 0. The number of aromatic nitrogens is 1. The van der Waals surface area contributed by atoms with Crippen molar-refractivity contribution in [3.05, 3.63) is 17.0 Å². The lowest BCUT2D eigenvalue weighted by Crippen LogP contribution is -2.51. The maximum Gasteiger partial charge on any atom is 0.273 e. The SMILES string of the molecule is CCN(CC)C(C)(C)CNC(=O)c1noc(CO)c1C.